The lowest BCUT2D eigenvalue weighted by molar-refractivity contribution is 0.399. The Kier molecular flexibility index (Phi) is 3.00. The van der Waals surface area contributed by atoms with Gasteiger partial charge in [-0.25, -0.2) is 8.42 Å². The third kappa shape index (κ3) is 1.93. The first kappa shape index (κ1) is 12.4. The Morgan fingerprint density at radius 2 is 1.56 bits per heavy atom. The minimum atomic E-state index is -3.68. The Hall–Kier alpha value is -2.01. The molecule has 0 radical (unpaired) electrons. The van der Waals surface area contributed by atoms with Crippen molar-refractivity contribution in [2.24, 2.45) is 0 Å². The molecule has 0 bridgehead atoms. The predicted octanol–water partition coefficient (Wildman–Crippen LogP) is 2.24. The van der Waals surface area contributed by atoms with Crippen LogP contribution < -0.4 is 0 Å². The first-order valence-corrected chi connectivity index (χ1v) is 6.74. The van der Waals surface area contributed by atoms with E-state index < -0.39 is 15.6 Å². The molecule has 0 unspecified atom stereocenters. The lowest BCUT2D eigenvalue weighted by Gasteiger charge is -2.10. The number of hydrogen-bond acceptors (Lipinski definition) is 4. The van der Waals surface area contributed by atoms with E-state index in [2.05, 4.69) is 0 Å². The van der Waals surface area contributed by atoms with Crippen LogP contribution in [-0.4, -0.2) is 18.6 Å². The summed E-state index contributed by atoms with van der Waals surface area (Å²) in [5.41, 5.74) is 0.138. The van der Waals surface area contributed by atoms with E-state index in [0.29, 0.717) is 0 Å². The maximum absolute atomic E-state index is 12.3. The molecule has 0 aliphatic rings. The van der Waals surface area contributed by atoms with Crippen molar-refractivity contribution in [2.45, 2.75) is 16.7 Å². The lowest BCUT2D eigenvalue weighted by Crippen LogP contribution is -2.04. The zero-order valence-corrected chi connectivity index (χ0v) is 10.5. The van der Waals surface area contributed by atoms with Gasteiger partial charge in [-0.05, 0) is 31.2 Å². The molecule has 4 nitrogen and oxygen atoms in total. The van der Waals surface area contributed by atoms with E-state index in [1.165, 1.54) is 25.1 Å². The van der Waals surface area contributed by atoms with Crippen molar-refractivity contribution in [1.82, 2.24) is 0 Å². The summed E-state index contributed by atoms with van der Waals surface area (Å²) in [6.45, 7) is 1.45. The number of sulfone groups is 1. The molecule has 0 heterocycles. The van der Waals surface area contributed by atoms with E-state index in [0.717, 1.165) is 6.07 Å². The molecule has 0 saturated heterocycles. The number of aromatic hydroxyl groups is 2. The third-order valence-electron chi connectivity index (χ3n) is 2.70. The zero-order valence-electron chi connectivity index (χ0n) is 9.66. The minimum absolute atomic E-state index is 0.0102. The van der Waals surface area contributed by atoms with Gasteiger partial charge in [0.15, 0.2) is 11.5 Å². The molecule has 18 heavy (non-hydrogen) atoms. The molecule has 2 rings (SSSR count). The summed E-state index contributed by atoms with van der Waals surface area (Å²) in [7, 11) is -3.68. The number of hydrogen-bond donors (Lipinski definition) is 2. The van der Waals surface area contributed by atoms with Crippen LogP contribution in [0.2, 0.25) is 0 Å². The number of phenols is 2. The normalized spacial score (nSPS) is 11.4. The van der Waals surface area contributed by atoms with Gasteiger partial charge in [-0.1, -0.05) is 18.2 Å². The second-order valence-corrected chi connectivity index (χ2v) is 5.79. The standard InChI is InChI=1S/C13H12O4S/c1-9-12(8-7-11(14)13(9)15)18(16,17)10-5-3-2-4-6-10/h2-8,14-15H,1H3. The van der Waals surface area contributed by atoms with E-state index in [-0.39, 0.29) is 21.1 Å². The molecule has 2 aromatic rings. The van der Waals surface area contributed by atoms with Gasteiger partial charge in [0.1, 0.15) is 0 Å². The molecule has 0 atom stereocenters. The van der Waals surface area contributed by atoms with Crippen LogP contribution in [0.15, 0.2) is 52.3 Å². The first-order valence-electron chi connectivity index (χ1n) is 5.26. The molecule has 94 valence electrons. The molecular formula is C13H12O4S. The van der Waals surface area contributed by atoms with E-state index in [1.54, 1.807) is 18.2 Å². The number of benzene rings is 2. The maximum Gasteiger partial charge on any atom is 0.206 e. The average molecular weight is 264 g/mol. The number of phenolic OH excluding ortho intramolecular Hbond substituents is 2. The Morgan fingerprint density at radius 1 is 0.944 bits per heavy atom. The van der Waals surface area contributed by atoms with Crippen molar-refractivity contribution >= 4 is 9.84 Å². The minimum Gasteiger partial charge on any atom is -0.504 e. The molecule has 0 spiro atoms. The van der Waals surface area contributed by atoms with Crippen molar-refractivity contribution in [1.29, 1.82) is 0 Å². The Morgan fingerprint density at radius 3 is 2.17 bits per heavy atom. The van der Waals surface area contributed by atoms with Crippen LogP contribution >= 0.6 is 0 Å². The molecule has 0 amide bonds. The summed E-state index contributed by atoms with van der Waals surface area (Å²) in [5, 5.41) is 18.9. The highest BCUT2D eigenvalue weighted by Crippen LogP contribution is 2.34. The zero-order chi connectivity index (χ0) is 13.3. The van der Waals surface area contributed by atoms with Crippen molar-refractivity contribution in [2.75, 3.05) is 0 Å². The van der Waals surface area contributed by atoms with Crippen molar-refractivity contribution in [3.8, 4) is 11.5 Å². The van der Waals surface area contributed by atoms with Crippen molar-refractivity contribution in [3.05, 3.63) is 48.0 Å². The Bertz CT molecular complexity index is 676. The van der Waals surface area contributed by atoms with E-state index in [1.807, 2.05) is 0 Å². The molecule has 0 aromatic heterocycles. The van der Waals surface area contributed by atoms with Crippen LogP contribution in [0.3, 0.4) is 0 Å². The topological polar surface area (TPSA) is 74.6 Å². The summed E-state index contributed by atoms with van der Waals surface area (Å²) < 4.78 is 24.7. The summed E-state index contributed by atoms with van der Waals surface area (Å²) in [6, 6.07) is 10.4. The highest BCUT2D eigenvalue weighted by molar-refractivity contribution is 7.91. The second-order valence-electron chi connectivity index (χ2n) is 3.87. The Balaban J connectivity index is 2.67. The highest BCUT2D eigenvalue weighted by atomic mass is 32.2. The Labute approximate surface area is 105 Å². The SMILES string of the molecule is Cc1c(S(=O)(=O)c2ccccc2)ccc(O)c1O. The molecule has 5 heteroatoms. The van der Waals surface area contributed by atoms with Crippen molar-refractivity contribution in [3.63, 3.8) is 0 Å². The van der Waals surface area contributed by atoms with Gasteiger partial charge in [-0.3, -0.25) is 0 Å². The van der Waals surface area contributed by atoms with E-state index >= 15 is 0 Å². The van der Waals surface area contributed by atoms with Crippen LogP contribution in [0.25, 0.3) is 0 Å². The lowest BCUT2D eigenvalue weighted by atomic mass is 10.2. The summed E-state index contributed by atoms with van der Waals surface area (Å²) in [4.78, 5) is 0.141. The average Bonchev–Trinajstić information content (AvgIpc) is 2.37. The fraction of sp³-hybridized carbons (Fsp3) is 0.0769. The molecule has 2 aromatic carbocycles. The summed E-state index contributed by atoms with van der Waals surface area (Å²) >= 11 is 0. The van der Waals surface area contributed by atoms with Crippen LogP contribution in [0, 0.1) is 6.92 Å². The van der Waals surface area contributed by atoms with E-state index in [4.69, 9.17) is 0 Å². The molecular weight excluding hydrogens is 252 g/mol. The van der Waals surface area contributed by atoms with Crippen LogP contribution in [0.4, 0.5) is 0 Å². The summed E-state index contributed by atoms with van der Waals surface area (Å²) in [5.74, 6) is -0.744. The predicted molar refractivity (Wildman–Crippen MR) is 66.4 cm³/mol. The second kappa shape index (κ2) is 4.34. The monoisotopic (exact) mass is 264 g/mol. The quantitative estimate of drug-likeness (QED) is 0.816. The third-order valence-corrected chi connectivity index (χ3v) is 4.62. The fourth-order valence-corrected chi connectivity index (χ4v) is 3.20. The highest BCUT2D eigenvalue weighted by Gasteiger charge is 2.22. The molecule has 0 fully saturated rings. The fourth-order valence-electron chi connectivity index (χ4n) is 1.69. The summed E-state index contributed by atoms with van der Waals surface area (Å²) in [6.07, 6.45) is 0. The van der Waals surface area contributed by atoms with Gasteiger partial charge in [0.25, 0.3) is 0 Å². The van der Waals surface area contributed by atoms with Gasteiger partial charge >= 0.3 is 0 Å². The maximum atomic E-state index is 12.3. The smallest absolute Gasteiger partial charge is 0.206 e. The molecule has 0 aliphatic heterocycles. The van der Waals surface area contributed by atoms with E-state index in [9.17, 15) is 18.6 Å². The van der Waals surface area contributed by atoms with Crippen molar-refractivity contribution < 1.29 is 18.6 Å². The van der Waals surface area contributed by atoms with Crippen LogP contribution in [0.5, 0.6) is 11.5 Å². The molecule has 2 N–H and O–H groups in total. The largest absolute Gasteiger partial charge is 0.504 e. The number of rotatable bonds is 2. The van der Waals surface area contributed by atoms with Gasteiger partial charge in [-0.15, -0.1) is 0 Å². The van der Waals surface area contributed by atoms with Gasteiger partial charge in [0, 0.05) is 5.56 Å². The van der Waals surface area contributed by atoms with Gasteiger partial charge in [-0.2, -0.15) is 0 Å². The van der Waals surface area contributed by atoms with Crippen LogP contribution in [-0.2, 0) is 9.84 Å². The van der Waals surface area contributed by atoms with Gasteiger partial charge in [0.2, 0.25) is 9.84 Å². The van der Waals surface area contributed by atoms with Crippen LogP contribution in [0.1, 0.15) is 5.56 Å². The van der Waals surface area contributed by atoms with Gasteiger partial charge in [0.05, 0.1) is 9.79 Å². The molecule has 0 aliphatic carbocycles. The first-order chi connectivity index (χ1) is 8.44. The van der Waals surface area contributed by atoms with Gasteiger partial charge < -0.3 is 10.2 Å². The molecule has 0 saturated carbocycles.